The molecule has 0 atom stereocenters. The van der Waals surface area contributed by atoms with E-state index in [0.29, 0.717) is 26.1 Å². The lowest BCUT2D eigenvalue weighted by Crippen LogP contribution is -2.26. The van der Waals surface area contributed by atoms with Gasteiger partial charge in [-0.05, 0) is 6.07 Å². The SMILES string of the molecule is Nc1cc(F)c(C(=O)OC2CCOCC2)cc1F. The van der Waals surface area contributed by atoms with Gasteiger partial charge in [-0.1, -0.05) is 0 Å². The lowest BCUT2D eigenvalue weighted by molar-refractivity contribution is -0.0162. The van der Waals surface area contributed by atoms with Crippen molar-refractivity contribution in [1.29, 1.82) is 0 Å². The molecule has 1 aromatic carbocycles. The highest BCUT2D eigenvalue weighted by atomic mass is 19.1. The van der Waals surface area contributed by atoms with Gasteiger partial charge in [0, 0.05) is 18.9 Å². The summed E-state index contributed by atoms with van der Waals surface area (Å²) < 4.78 is 36.8. The molecule has 1 aliphatic rings. The molecule has 4 nitrogen and oxygen atoms in total. The third kappa shape index (κ3) is 2.76. The summed E-state index contributed by atoms with van der Waals surface area (Å²) in [5, 5.41) is 0. The number of halogens is 2. The molecule has 2 N–H and O–H groups in total. The summed E-state index contributed by atoms with van der Waals surface area (Å²) in [6, 6.07) is 1.53. The standard InChI is InChI=1S/C12H13F2NO3/c13-9-6-11(15)10(14)5-8(9)12(16)18-7-1-3-17-4-2-7/h5-7H,1-4,15H2. The van der Waals surface area contributed by atoms with Crippen LogP contribution in [0.2, 0.25) is 0 Å². The third-order valence-electron chi connectivity index (χ3n) is 2.75. The minimum Gasteiger partial charge on any atom is -0.459 e. The molecule has 0 aliphatic carbocycles. The van der Waals surface area contributed by atoms with Crippen LogP contribution in [0.3, 0.4) is 0 Å². The van der Waals surface area contributed by atoms with E-state index in [0.717, 1.165) is 12.1 Å². The lowest BCUT2D eigenvalue weighted by Gasteiger charge is -2.22. The number of esters is 1. The molecule has 1 fully saturated rings. The minimum absolute atomic E-state index is 0.314. The van der Waals surface area contributed by atoms with E-state index in [4.69, 9.17) is 15.2 Å². The number of hydrogen-bond donors (Lipinski definition) is 1. The third-order valence-corrected chi connectivity index (χ3v) is 2.75. The Morgan fingerprint density at radius 3 is 2.61 bits per heavy atom. The highest BCUT2D eigenvalue weighted by molar-refractivity contribution is 5.90. The molecule has 2 rings (SSSR count). The van der Waals surface area contributed by atoms with Crippen molar-refractivity contribution in [1.82, 2.24) is 0 Å². The Labute approximate surface area is 103 Å². The number of nitrogens with two attached hydrogens (primary N) is 1. The number of anilines is 1. The van der Waals surface area contributed by atoms with Crippen LogP contribution in [0.1, 0.15) is 23.2 Å². The van der Waals surface area contributed by atoms with Crippen molar-refractivity contribution in [3.05, 3.63) is 29.3 Å². The average Bonchev–Trinajstić information content (AvgIpc) is 2.35. The fourth-order valence-electron chi connectivity index (χ4n) is 1.73. The monoisotopic (exact) mass is 257 g/mol. The second kappa shape index (κ2) is 5.30. The first kappa shape index (κ1) is 12.8. The van der Waals surface area contributed by atoms with E-state index in [1.807, 2.05) is 0 Å². The predicted octanol–water partition coefficient (Wildman–Crippen LogP) is 1.88. The first-order valence-electron chi connectivity index (χ1n) is 5.61. The Morgan fingerprint density at radius 1 is 1.28 bits per heavy atom. The molecule has 98 valence electrons. The highest BCUT2D eigenvalue weighted by Gasteiger charge is 2.22. The van der Waals surface area contributed by atoms with Crippen LogP contribution >= 0.6 is 0 Å². The van der Waals surface area contributed by atoms with Crippen molar-refractivity contribution in [3.63, 3.8) is 0 Å². The molecule has 0 unspecified atom stereocenters. The smallest absolute Gasteiger partial charge is 0.341 e. The van der Waals surface area contributed by atoms with Crippen LogP contribution in [0, 0.1) is 11.6 Å². The fraction of sp³-hybridized carbons (Fsp3) is 0.417. The van der Waals surface area contributed by atoms with Crippen molar-refractivity contribution in [2.75, 3.05) is 18.9 Å². The molecule has 0 spiro atoms. The summed E-state index contributed by atoms with van der Waals surface area (Å²) in [6.07, 6.45) is 0.807. The van der Waals surface area contributed by atoms with Gasteiger partial charge in [0.05, 0.1) is 24.5 Å². The molecular formula is C12H13F2NO3. The normalized spacial score (nSPS) is 16.6. The van der Waals surface area contributed by atoms with Crippen LogP contribution in [0.15, 0.2) is 12.1 Å². The lowest BCUT2D eigenvalue weighted by atomic mass is 10.1. The molecule has 1 aliphatic heterocycles. The van der Waals surface area contributed by atoms with Crippen molar-refractivity contribution in [2.45, 2.75) is 18.9 Å². The van der Waals surface area contributed by atoms with Crippen LogP contribution in [-0.4, -0.2) is 25.3 Å². The molecule has 18 heavy (non-hydrogen) atoms. The number of ether oxygens (including phenoxy) is 2. The van der Waals surface area contributed by atoms with Crippen molar-refractivity contribution in [3.8, 4) is 0 Å². The van der Waals surface area contributed by atoms with E-state index in [9.17, 15) is 13.6 Å². The van der Waals surface area contributed by atoms with E-state index >= 15 is 0 Å². The maximum Gasteiger partial charge on any atom is 0.341 e. The van der Waals surface area contributed by atoms with Gasteiger partial charge in [-0.25, -0.2) is 13.6 Å². The fourth-order valence-corrected chi connectivity index (χ4v) is 1.73. The molecule has 0 amide bonds. The van der Waals surface area contributed by atoms with Crippen LogP contribution in [0.4, 0.5) is 14.5 Å². The van der Waals surface area contributed by atoms with Crippen molar-refractivity contribution >= 4 is 11.7 Å². The molecule has 6 heteroatoms. The maximum absolute atomic E-state index is 13.5. The molecule has 0 bridgehead atoms. The molecule has 1 heterocycles. The minimum atomic E-state index is -0.883. The first-order chi connectivity index (χ1) is 8.58. The largest absolute Gasteiger partial charge is 0.459 e. The average molecular weight is 257 g/mol. The molecule has 0 saturated carbocycles. The van der Waals surface area contributed by atoms with E-state index in [2.05, 4.69) is 0 Å². The van der Waals surface area contributed by atoms with E-state index in [1.54, 1.807) is 0 Å². The highest BCUT2D eigenvalue weighted by Crippen LogP contribution is 2.19. The van der Waals surface area contributed by atoms with Gasteiger partial charge in [0.25, 0.3) is 0 Å². The van der Waals surface area contributed by atoms with E-state index in [-0.39, 0.29) is 11.8 Å². The number of carbonyl (C=O) groups excluding carboxylic acids is 1. The molecule has 1 aromatic rings. The zero-order valence-corrected chi connectivity index (χ0v) is 9.62. The Balaban J connectivity index is 2.10. The molecule has 1 saturated heterocycles. The number of carbonyl (C=O) groups is 1. The number of rotatable bonds is 2. The van der Waals surface area contributed by atoms with E-state index in [1.165, 1.54) is 0 Å². The van der Waals surface area contributed by atoms with Crippen molar-refractivity contribution < 1.29 is 23.0 Å². The summed E-state index contributed by atoms with van der Waals surface area (Å²) >= 11 is 0. The van der Waals surface area contributed by atoms with Crippen LogP contribution in [0.5, 0.6) is 0 Å². The number of hydrogen-bond acceptors (Lipinski definition) is 4. The van der Waals surface area contributed by atoms with Gasteiger partial charge in [-0.2, -0.15) is 0 Å². The summed E-state index contributed by atoms with van der Waals surface area (Å²) in [4.78, 5) is 11.7. The van der Waals surface area contributed by atoms with Crippen LogP contribution in [-0.2, 0) is 9.47 Å². The maximum atomic E-state index is 13.5. The molecule has 0 radical (unpaired) electrons. The van der Waals surface area contributed by atoms with Gasteiger partial charge in [0.2, 0.25) is 0 Å². The summed E-state index contributed by atoms with van der Waals surface area (Å²) in [7, 11) is 0. The van der Waals surface area contributed by atoms with Crippen molar-refractivity contribution in [2.24, 2.45) is 0 Å². The van der Waals surface area contributed by atoms with E-state index < -0.39 is 23.2 Å². The van der Waals surface area contributed by atoms with Crippen LogP contribution in [0.25, 0.3) is 0 Å². The second-order valence-electron chi connectivity index (χ2n) is 4.07. The van der Waals surface area contributed by atoms with Gasteiger partial charge in [-0.3, -0.25) is 0 Å². The molecule has 0 aromatic heterocycles. The number of nitrogen functional groups attached to an aromatic ring is 1. The van der Waals surface area contributed by atoms with Gasteiger partial charge in [0.1, 0.15) is 17.7 Å². The second-order valence-corrected chi connectivity index (χ2v) is 4.07. The van der Waals surface area contributed by atoms with Gasteiger partial charge >= 0.3 is 5.97 Å². The summed E-state index contributed by atoms with van der Waals surface area (Å²) in [5.41, 5.74) is 4.42. The van der Waals surface area contributed by atoms with Gasteiger partial charge < -0.3 is 15.2 Å². The van der Waals surface area contributed by atoms with Gasteiger partial charge in [-0.15, -0.1) is 0 Å². The van der Waals surface area contributed by atoms with Crippen LogP contribution < -0.4 is 5.73 Å². The predicted molar refractivity (Wildman–Crippen MR) is 60.0 cm³/mol. The van der Waals surface area contributed by atoms with Gasteiger partial charge in [0.15, 0.2) is 0 Å². The Kier molecular flexibility index (Phi) is 3.76. The Bertz CT molecular complexity index is 459. The summed E-state index contributed by atoms with van der Waals surface area (Å²) in [5.74, 6) is -2.60. The molecular weight excluding hydrogens is 244 g/mol. The summed E-state index contributed by atoms with van der Waals surface area (Å²) in [6.45, 7) is 0.993. The quantitative estimate of drug-likeness (QED) is 0.649. The Morgan fingerprint density at radius 2 is 1.94 bits per heavy atom. The topological polar surface area (TPSA) is 61.6 Å². The zero-order chi connectivity index (χ0) is 13.1. The Hall–Kier alpha value is -1.69. The number of benzene rings is 1. The zero-order valence-electron chi connectivity index (χ0n) is 9.62. The first-order valence-corrected chi connectivity index (χ1v) is 5.61.